The van der Waals surface area contributed by atoms with E-state index in [0.29, 0.717) is 10.8 Å². The number of rotatable bonds is 9. The quantitative estimate of drug-likeness (QED) is 0.629. The van der Waals surface area contributed by atoms with Crippen LogP contribution in [-0.2, 0) is 16.1 Å². The molecule has 0 fully saturated rings. The molecule has 0 aliphatic carbocycles. The van der Waals surface area contributed by atoms with E-state index < -0.39 is 6.04 Å². The lowest BCUT2D eigenvalue weighted by Crippen LogP contribution is -2.50. The third-order valence-electron chi connectivity index (χ3n) is 5.11. The van der Waals surface area contributed by atoms with Gasteiger partial charge in [-0.25, -0.2) is 0 Å². The van der Waals surface area contributed by atoms with Crippen LogP contribution in [-0.4, -0.2) is 35.4 Å². The number of nitrogens with zero attached hydrogens (tertiary/aromatic N) is 1. The second-order valence-corrected chi connectivity index (χ2v) is 8.14. The minimum atomic E-state index is -0.646. The van der Waals surface area contributed by atoms with Crippen LogP contribution in [0.1, 0.15) is 43.9 Å². The molecule has 0 heterocycles. The van der Waals surface area contributed by atoms with Crippen LogP contribution in [0, 0.1) is 13.8 Å². The monoisotopic (exact) mass is 430 g/mol. The summed E-state index contributed by atoms with van der Waals surface area (Å²) in [6.07, 6.45) is 0.816. The van der Waals surface area contributed by atoms with Gasteiger partial charge in [-0.05, 0) is 69.0 Å². The Morgan fingerprint density at radius 1 is 1.13 bits per heavy atom. The molecule has 0 saturated heterocycles. The molecule has 0 saturated carbocycles. The predicted octanol–water partition coefficient (Wildman–Crippen LogP) is 4.67. The van der Waals surface area contributed by atoms with Crippen LogP contribution >= 0.6 is 11.6 Å². The first-order valence-electron chi connectivity index (χ1n) is 10.3. The van der Waals surface area contributed by atoms with Gasteiger partial charge in [-0.3, -0.25) is 9.59 Å². The smallest absolute Gasteiger partial charge is 0.261 e. The fourth-order valence-corrected chi connectivity index (χ4v) is 3.18. The van der Waals surface area contributed by atoms with Gasteiger partial charge < -0.3 is 15.0 Å². The Morgan fingerprint density at radius 2 is 1.87 bits per heavy atom. The van der Waals surface area contributed by atoms with Gasteiger partial charge in [0.1, 0.15) is 11.8 Å². The zero-order valence-electron chi connectivity index (χ0n) is 18.4. The maximum atomic E-state index is 13.1. The van der Waals surface area contributed by atoms with Crippen molar-refractivity contribution in [3.05, 3.63) is 64.2 Å². The molecule has 2 amide bonds. The Morgan fingerprint density at radius 3 is 2.53 bits per heavy atom. The lowest BCUT2D eigenvalue weighted by Gasteiger charge is -2.29. The third-order valence-corrected chi connectivity index (χ3v) is 5.34. The molecule has 0 bridgehead atoms. The van der Waals surface area contributed by atoms with Gasteiger partial charge in [-0.2, -0.15) is 0 Å². The summed E-state index contributed by atoms with van der Waals surface area (Å²) in [5.74, 6) is 0.219. The fraction of sp³-hybridized carbons (Fsp3) is 0.417. The van der Waals surface area contributed by atoms with E-state index in [0.717, 1.165) is 23.1 Å². The number of carbonyl (C=O) groups is 2. The van der Waals surface area contributed by atoms with E-state index in [9.17, 15) is 9.59 Å². The first-order chi connectivity index (χ1) is 14.2. The van der Waals surface area contributed by atoms with Gasteiger partial charge in [0.25, 0.3) is 5.91 Å². The minimum absolute atomic E-state index is 0.0364. The van der Waals surface area contributed by atoms with E-state index in [-0.39, 0.29) is 31.0 Å². The second kappa shape index (κ2) is 11.0. The van der Waals surface area contributed by atoms with Crippen LogP contribution in [0.3, 0.4) is 0 Å². The molecular formula is C24H31ClN2O3. The summed E-state index contributed by atoms with van der Waals surface area (Å²) in [5.41, 5.74) is 2.86. The van der Waals surface area contributed by atoms with Crippen LogP contribution in [0.4, 0.5) is 0 Å². The zero-order valence-corrected chi connectivity index (χ0v) is 19.1. The number of benzene rings is 2. The van der Waals surface area contributed by atoms with Gasteiger partial charge in [-0.15, -0.1) is 0 Å². The molecule has 1 N–H and O–H groups in total. The van der Waals surface area contributed by atoms with E-state index >= 15 is 0 Å². The van der Waals surface area contributed by atoms with E-state index in [2.05, 4.69) is 5.32 Å². The second-order valence-electron chi connectivity index (χ2n) is 7.70. The molecule has 2 aromatic rings. The molecule has 0 radical (unpaired) electrons. The van der Waals surface area contributed by atoms with E-state index in [1.165, 1.54) is 4.90 Å². The number of hydrogen-bond acceptors (Lipinski definition) is 3. The summed E-state index contributed by atoms with van der Waals surface area (Å²) >= 11 is 6.10. The van der Waals surface area contributed by atoms with Gasteiger partial charge in [0.2, 0.25) is 5.91 Å². The highest BCUT2D eigenvalue weighted by molar-refractivity contribution is 6.30. The summed E-state index contributed by atoms with van der Waals surface area (Å²) in [4.78, 5) is 27.3. The molecule has 0 aliphatic rings. The first-order valence-corrected chi connectivity index (χ1v) is 10.6. The number of carbonyl (C=O) groups excluding carboxylic acids is 2. The molecule has 162 valence electrons. The lowest BCUT2D eigenvalue weighted by atomic mass is 10.1. The number of hydrogen-bond donors (Lipinski definition) is 1. The van der Waals surface area contributed by atoms with Crippen LogP contribution < -0.4 is 10.1 Å². The summed E-state index contributed by atoms with van der Waals surface area (Å²) < 4.78 is 5.81. The molecule has 2 aromatic carbocycles. The van der Waals surface area contributed by atoms with E-state index in [1.807, 2.05) is 58.0 Å². The van der Waals surface area contributed by atoms with Crippen molar-refractivity contribution in [3.63, 3.8) is 0 Å². The number of aryl methyl sites for hydroxylation is 2. The summed E-state index contributed by atoms with van der Waals surface area (Å²) in [6.45, 7) is 9.71. The lowest BCUT2D eigenvalue weighted by molar-refractivity contribution is -0.142. The van der Waals surface area contributed by atoms with Gasteiger partial charge in [0, 0.05) is 17.6 Å². The minimum Gasteiger partial charge on any atom is -0.483 e. The Hall–Kier alpha value is -2.53. The number of nitrogens with one attached hydrogen (secondary N) is 1. The average molecular weight is 431 g/mol. The van der Waals surface area contributed by atoms with Crippen molar-refractivity contribution < 1.29 is 14.3 Å². The number of ether oxygens (including phenoxy) is 1. The van der Waals surface area contributed by atoms with Crippen molar-refractivity contribution in [2.75, 3.05) is 6.61 Å². The molecule has 2 rings (SSSR count). The molecule has 0 spiro atoms. The van der Waals surface area contributed by atoms with Crippen molar-refractivity contribution in [1.82, 2.24) is 10.2 Å². The number of amides is 2. The molecule has 0 aromatic heterocycles. The van der Waals surface area contributed by atoms with Crippen molar-refractivity contribution in [2.45, 2.75) is 59.7 Å². The van der Waals surface area contributed by atoms with Gasteiger partial charge in [0.05, 0.1) is 0 Å². The van der Waals surface area contributed by atoms with Gasteiger partial charge >= 0.3 is 0 Å². The Labute approximate surface area is 184 Å². The predicted molar refractivity (Wildman–Crippen MR) is 121 cm³/mol. The fourth-order valence-electron chi connectivity index (χ4n) is 2.97. The maximum Gasteiger partial charge on any atom is 0.261 e. The molecule has 0 aliphatic heterocycles. The highest BCUT2D eigenvalue weighted by Crippen LogP contribution is 2.20. The van der Waals surface area contributed by atoms with Crippen molar-refractivity contribution in [2.24, 2.45) is 0 Å². The normalized spacial score (nSPS) is 12.7. The zero-order chi connectivity index (χ0) is 22.3. The molecule has 6 heteroatoms. The van der Waals surface area contributed by atoms with Crippen LogP contribution in [0.5, 0.6) is 5.75 Å². The molecule has 5 nitrogen and oxygen atoms in total. The Bertz CT molecular complexity index is 885. The Balaban J connectivity index is 2.19. The van der Waals surface area contributed by atoms with Crippen LogP contribution in [0.25, 0.3) is 0 Å². The van der Waals surface area contributed by atoms with Crippen LogP contribution in [0.15, 0.2) is 42.5 Å². The van der Waals surface area contributed by atoms with Crippen molar-refractivity contribution in [3.8, 4) is 5.75 Å². The largest absolute Gasteiger partial charge is 0.483 e. The Kier molecular flexibility index (Phi) is 8.72. The maximum absolute atomic E-state index is 13.1. The number of halogens is 1. The highest BCUT2D eigenvalue weighted by Gasteiger charge is 2.27. The van der Waals surface area contributed by atoms with Gasteiger partial charge in [0.15, 0.2) is 6.61 Å². The average Bonchev–Trinajstić information content (AvgIpc) is 2.71. The topological polar surface area (TPSA) is 58.6 Å². The first kappa shape index (κ1) is 23.7. The summed E-state index contributed by atoms with van der Waals surface area (Å²) in [7, 11) is 0. The summed E-state index contributed by atoms with van der Waals surface area (Å²) in [5, 5.41) is 3.54. The van der Waals surface area contributed by atoms with Crippen molar-refractivity contribution in [1.29, 1.82) is 0 Å². The van der Waals surface area contributed by atoms with Crippen LogP contribution in [0.2, 0.25) is 5.02 Å². The molecule has 2 atom stereocenters. The summed E-state index contributed by atoms with van der Waals surface area (Å²) in [6, 6.07) is 12.5. The third kappa shape index (κ3) is 6.77. The van der Waals surface area contributed by atoms with Gasteiger partial charge in [-0.1, -0.05) is 42.8 Å². The molecule has 30 heavy (non-hydrogen) atoms. The van der Waals surface area contributed by atoms with E-state index in [4.69, 9.17) is 16.3 Å². The molecular weight excluding hydrogens is 400 g/mol. The standard InChI is InChI=1S/C24H31ClN2O3/c1-6-18(4)26-24(29)19(5)27(14-20-8-7-9-21(25)13-20)23(28)15-30-22-12-16(2)10-11-17(22)3/h7-13,18-19H,6,14-15H2,1-5H3,(H,26,29)/t18-,19+/m0/s1. The highest BCUT2D eigenvalue weighted by atomic mass is 35.5. The van der Waals surface area contributed by atoms with E-state index in [1.54, 1.807) is 19.1 Å². The van der Waals surface area contributed by atoms with Crippen molar-refractivity contribution >= 4 is 23.4 Å². The molecule has 0 unspecified atom stereocenters. The SMILES string of the molecule is CC[C@H](C)NC(=O)[C@@H](C)N(Cc1cccc(Cl)c1)C(=O)COc1cc(C)ccc1C.